The Labute approximate surface area is 103 Å². The summed E-state index contributed by atoms with van der Waals surface area (Å²) < 4.78 is 36.3. The van der Waals surface area contributed by atoms with Gasteiger partial charge in [0.2, 0.25) is 0 Å². The second kappa shape index (κ2) is 5.58. The third-order valence-electron chi connectivity index (χ3n) is 2.28. The standard InChI is InChI=1S/C11H14ClF3N2/c1-8-5-9(7-12)6-10(16-8)17(2)4-3-11(13,14)15/h5-6H,3-4,7H2,1-2H3. The van der Waals surface area contributed by atoms with Gasteiger partial charge < -0.3 is 4.90 Å². The molecule has 0 N–H and O–H groups in total. The molecule has 0 fully saturated rings. The normalized spacial score (nSPS) is 11.6. The molecule has 2 nitrogen and oxygen atoms in total. The lowest BCUT2D eigenvalue weighted by molar-refractivity contribution is -0.132. The summed E-state index contributed by atoms with van der Waals surface area (Å²) in [5.74, 6) is 0.841. The second-order valence-corrected chi connectivity index (χ2v) is 4.16. The lowest BCUT2D eigenvalue weighted by Crippen LogP contribution is -2.25. The Bertz CT molecular complexity index is 379. The molecule has 0 aliphatic carbocycles. The number of rotatable bonds is 4. The molecule has 1 rings (SSSR count). The van der Waals surface area contributed by atoms with Crippen molar-refractivity contribution < 1.29 is 13.2 Å². The van der Waals surface area contributed by atoms with E-state index in [0.717, 1.165) is 11.3 Å². The lowest BCUT2D eigenvalue weighted by atomic mass is 10.2. The van der Waals surface area contributed by atoms with Gasteiger partial charge in [0.25, 0.3) is 0 Å². The fourth-order valence-corrected chi connectivity index (χ4v) is 1.56. The van der Waals surface area contributed by atoms with Gasteiger partial charge in [0, 0.05) is 25.2 Å². The third kappa shape index (κ3) is 4.81. The molecule has 1 aromatic heterocycles. The van der Waals surface area contributed by atoms with Gasteiger partial charge >= 0.3 is 6.18 Å². The van der Waals surface area contributed by atoms with E-state index in [1.807, 2.05) is 6.07 Å². The van der Waals surface area contributed by atoms with Crippen LogP contribution in [0.5, 0.6) is 0 Å². The molecule has 0 unspecified atom stereocenters. The molecule has 96 valence electrons. The largest absolute Gasteiger partial charge is 0.390 e. The maximum Gasteiger partial charge on any atom is 0.390 e. The lowest BCUT2D eigenvalue weighted by Gasteiger charge is -2.20. The molecular formula is C11H14ClF3N2. The molecule has 0 atom stereocenters. The van der Waals surface area contributed by atoms with Gasteiger partial charge in [0.15, 0.2) is 0 Å². The first kappa shape index (κ1) is 14.1. The van der Waals surface area contributed by atoms with E-state index in [2.05, 4.69) is 4.98 Å². The van der Waals surface area contributed by atoms with Crippen LogP contribution >= 0.6 is 11.6 Å². The number of halogens is 4. The number of pyridine rings is 1. The number of anilines is 1. The van der Waals surface area contributed by atoms with Gasteiger partial charge in [-0.3, -0.25) is 0 Å². The van der Waals surface area contributed by atoms with Gasteiger partial charge in [-0.15, -0.1) is 11.6 Å². The predicted molar refractivity (Wildman–Crippen MR) is 62.5 cm³/mol. The number of nitrogens with zero attached hydrogens (tertiary/aromatic N) is 2. The van der Waals surface area contributed by atoms with Crippen molar-refractivity contribution in [2.24, 2.45) is 0 Å². The van der Waals surface area contributed by atoms with Gasteiger partial charge in [-0.05, 0) is 24.6 Å². The molecule has 0 saturated carbocycles. The average molecular weight is 267 g/mol. The topological polar surface area (TPSA) is 16.1 Å². The predicted octanol–water partition coefficient (Wildman–Crippen LogP) is 3.52. The summed E-state index contributed by atoms with van der Waals surface area (Å²) in [5.41, 5.74) is 1.60. The van der Waals surface area contributed by atoms with Crippen molar-refractivity contribution in [1.29, 1.82) is 0 Å². The number of alkyl halides is 4. The van der Waals surface area contributed by atoms with Crippen LogP contribution in [-0.4, -0.2) is 24.8 Å². The fraction of sp³-hybridized carbons (Fsp3) is 0.545. The molecular weight excluding hydrogens is 253 g/mol. The zero-order valence-electron chi connectivity index (χ0n) is 9.68. The van der Waals surface area contributed by atoms with Crippen molar-refractivity contribution in [1.82, 2.24) is 4.98 Å². The molecule has 0 radical (unpaired) electrons. The minimum atomic E-state index is -4.15. The average Bonchev–Trinajstić information content (AvgIpc) is 2.23. The van der Waals surface area contributed by atoms with Crippen LogP contribution in [-0.2, 0) is 5.88 Å². The molecule has 0 aliphatic rings. The minimum absolute atomic E-state index is 0.109. The smallest absolute Gasteiger partial charge is 0.359 e. The summed E-state index contributed by atoms with van der Waals surface area (Å²) in [6.45, 7) is 1.68. The minimum Gasteiger partial charge on any atom is -0.359 e. The second-order valence-electron chi connectivity index (χ2n) is 3.90. The molecule has 17 heavy (non-hydrogen) atoms. The maximum absolute atomic E-state index is 12.1. The van der Waals surface area contributed by atoms with E-state index < -0.39 is 12.6 Å². The van der Waals surface area contributed by atoms with Crippen LogP contribution in [0, 0.1) is 6.92 Å². The molecule has 0 aliphatic heterocycles. The molecule has 1 heterocycles. The van der Waals surface area contributed by atoms with Crippen LogP contribution in [0.15, 0.2) is 12.1 Å². The van der Waals surface area contributed by atoms with Crippen molar-refractivity contribution >= 4 is 17.4 Å². The Morgan fingerprint density at radius 2 is 2.00 bits per heavy atom. The first-order valence-electron chi connectivity index (χ1n) is 5.13. The van der Waals surface area contributed by atoms with Gasteiger partial charge in [0.05, 0.1) is 6.42 Å². The molecule has 1 aromatic rings. The van der Waals surface area contributed by atoms with Crippen LogP contribution in [0.1, 0.15) is 17.7 Å². The SMILES string of the molecule is Cc1cc(CCl)cc(N(C)CCC(F)(F)F)n1. The van der Waals surface area contributed by atoms with Gasteiger partial charge in [-0.1, -0.05) is 0 Å². The first-order valence-corrected chi connectivity index (χ1v) is 5.66. The Morgan fingerprint density at radius 1 is 1.35 bits per heavy atom. The highest BCUT2D eigenvalue weighted by molar-refractivity contribution is 6.17. The number of hydrogen-bond acceptors (Lipinski definition) is 2. The Balaban J connectivity index is 2.74. The van der Waals surface area contributed by atoms with E-state index in [0.29, 0.717) is 11.7 Å². The van der Waals surface area contributed by atoms with E-state index in [9.17, 15) is 13.2 Å². The van der Waals surface area contributed by atoms with Crippen molar-refractivity contribution in [2.75, 3.05) is 18.5 Å². The molecule has 0 saturated heterocycles. The highest BCUT2D eigenvalue weighted by Crippen LogP contribution is 2.22. The molecule has 0 aromatic carbocycles. The highest BCUT2D eigenvalue weighted by Gasteiger charge is 2.27. The fourth-order valence-electron chi connectivity index (χ4n) is 1.40. The number of aromatic nitrogens is 1. The van der Waals surface area contributed by atoms with Crippen molar-refractivity contribution in [2.45, 2.75) is 25.4 Å². The molecule has 6 heteroatoms. The Hall–Kier alpha value is -0.970. The Morgan fingerprint density at radius 3 is 2.53 bits per heavy atom. The van der Waals surface area contributed by atoms with Crippen LogP contribution in [0.3, 0.4) is 0 Å². The van der Waals surface area contributed by atoms with Crippen LogP contribution < -0.4 is 4.90 Å². The monoisotopic (exact) mass is 266 g/mol. The first-order chi connectivity index (χ1) is 7.81. The van der Waals surface area contributed by atoms with E-state index in [4.69, 9.17) is 11.6 Å². The van der Waals surface area contributed by atoms with E-state index in [-0.39, 0.29) is 6.54 Å². The molecule has 0 amide bonds. The van der Waals surface area contributed by atoms with Crippen molar-refractivity contribution in [3.05, 3.63) is 23.4 Å². The summed E-state index contributed by atoms with van der Waals surface area (Å²) >= 11 is 5.70. The summed E-state index contributed by atoms with van der Waals surface area (Å²) in [5, 5.41) is 0. The maximum atomic E-state index is 12.1. The third-order valence-corrected chi connectivity index (χ3v) is 2.58. The van der Waals surface area contributed by atoms with E-state index >= 15 is 0 Å². The molecule has 0 spiro atoms. The summed E-state index contributed by atoms with van der Waals surface area (Å²) in [4.78, 5) is 5.66. The highest BCUT2D eigenvalue weighted by atomic mass is 35.5. The van der Waals surface area contributed by atoms with Gasteiger partial charge in [0.1, 0.15) is 5.82 Å². The summed E-state index contributed by atoms with van der Waals surface area (Å²) in [7, 11) is 1.59. The van der Waals surface area contributed by atoms with Crippen LogP contribution in [0.4, 0.5) is 19.0 Å². The van der Waals surface area contributed by atoms with Crippen molar-refractivity contribution in [3.8, 4) is 0 Å². The zero-order chi connectivity index (χ0) is 13.1. The van der Waals surface area contributed by atoms with E-state index in [1.54, 1.807) is 20.0 Å². The van der Waals surface area contributed by atoms with Crippen LogP contribution in [0.2, 0.25) is 0 Å². The van der Waals surface area contributed by atoms with Gasteiger partial charge in [-0.25, -0.2) is 4.98 Å². The summed E-state index contributed by atoms with van der Waals surface area (Å²) in [6.07, 6.45) is -5.00. The quantitative estimate of drug-likeness (QED) is 0.775. The zero-order valence-corrected chi connectivity index (χ0v) is 10.4. The van der Waals surface area contributed by atoms with Gasteiger partial charge in [-0.2, -0.15) is 13.2 Å². The van der Waals surface area contributed by atoms with Crippen LogP contribution in [0.25, 0.3) is 0 Å². The molecule has 0 bridgehead atoms. The number of hydrogen-bond donors (Lipinski definition) is 0. The van der Waals surface area contributed by atoms with Crippen molar-refractivity contribution in [3.63, 3.8) is 0 Å². The van der Waals surface area contributed by atoms with E-state index in [1.165, 1.54) is 4.90 Å². The summed E-state index contributed by atoms with van der Waals surface area (Å²) in [6, 6.07) is 3.52. The Kier molecular flexibility index (Phi) is 4.62. The number of aryl methyl sites for hydroxylation is 1.